The second-order valence-corrected chi connectivity index (χ2v) is 4.10. The lowest BCUT2D eigenvalue weighted by atomic mass is 10.3. The fourth-order valence-electron chi connectivity index (χ4n) is 1.48. The number of aliphatic hydroxyl groups excluding tert-OH is 1. The van der Waals surface area contributed by atoms with Crippen LogP contribution in [0.15, 0.2) is 12.5 Å². The number of nitro groups is 1. The SMILES string of the molecule is CC(O)CN(C)C(=O)CCn1cnc([N+](=O)[O-])c1. The molecule has 8 heteroatoms. The molecule has 0 radical (unpaired) electrons. The van der Waals surface area contributed by atoms with Gasteiger partial charge in [0.15, 0.2) is 0 Å². The average Bonchev–Trinajstić information content (AvgIpc) is 2.73. The molecule has 0 aliphatic rings. The minimum atomic E-state index is -0.585. The number of carbonyl (C=O) groups is 1. The summed E-state index contributed by atoms with van der Waals surface area (Å²) >= 11 is 0. The lowest BCUT2D eigenvalue weighted by Crippen LogP contribution is -2.33. The average molecular weight is 256 g/mol. The van der Waals surface area contributed by atoms with Crippen molar-refractivity contribution in [1.82, 2.24) is 14.5 Å². The maximum atomic E-state index is 11.6. The van der Waals surface area contributed by atoms with Crippen molar-refractivity contribution in [3.63, 3.8) is 0 Å². The second kappa shape index (κ2) is 6.10. The maximum absolute atomic E-state index is 11.6. The molecule has 8 nitrogen and oxygen atoms in total. The van der Waals surface area contributed by atoms with E-state index in [0.29, 0.717) is 6.54 Å². The Kier molecular flexibility index (Phi) is 4.78. The first-order chi connectivity index (χ1) is 8.40. The molecule has 1 N–H and O–H groups in total. The first kappa shape index (κ1) is 14.1. The summed E-state index contributed by atoms with van der Waals surface area (Å²) in [4.78, 5) is 26.5. The molecule has 0 spiro atoms. The van der Waals surface area contributed by atoms with Crippen LogP contribution in [0.3, 0.4) is 0 Å². The molecule has 18 heavy (non-hydrogen) atoms. The first-order valence-corrected chi connectivity index (χ1v) is 5.48. The van der Waals surface area contributed by atoms with Crippen LogP contribution >= 0.6 is 0 Å². The van der Waals surface area contributed by atoms with Crippen molar-refractivity contribution < 1.29 is 14.8 Å². The Morgan fingerprint density at radius 1 is 1.72 bits per heavy atom. The van der Waals surface area contributed by atoms with Crippen molar-refractivity contribution >= 4 is 11.7 Å². The van der Waals surface area contributed by atoms with Crippen LogP contribution in [-0.2, 0) is 11.3 Å². The van der Waals surface area contributed by atoms with Gasteiger partial charge < -0.3 is 24.7 Å². The normalized spacial score (nSPS) is 12.2. The summed E-state index contributed by atoms with van der Waals surface area (Å²) in [7, 11) is 1.60. The molecule has 1 unspecified atom stereocenters. The zero-order chi connectivity index (χ0) is 13.7. The van der Waals surface area contributed by atoms with Crippen LogP contribution in [0.2, 0.25) is 0 Å². The van der Waals surface area contributed by atoms with Gasteiger partial charge in [-0.1, -0.05) is 0 Å². The molecule has 1 rings (SSSR count). The number of aryl methyl sites for hydroxylation is 1. The van der Waals surface area contributed by atoms with E-state index in [1.807, 2.05) is 0 Å². The number of nitrogens with zero attached hydrogens (tertiary/aromatic N) is 4. The lowest BCUT2D eigenvalue weighted by Gasteiger charge is -2.18. The third kappa shape index (κ3) is 4.13. The van der Waals surface area contributed by atoms with Gasteiger partial charge in [-0.15, -0.1) is 0 Å². The van der Waals surface area contributed by atoms with Crippen molar-refractivity contribution in [2.75, 3.05) is 13.6 Å². The predicted octanol–water partition coefficient (Wildman–Crippen LogP) is 0.0206. The molecule has 1 amide bonds. The number of likely N-dealkylation sites (N-methyl/N-ethyl adjacent to an activating group) is 1. The fraction of sp³-hybridized carbons (Fsp3) is 0.600. The van der Waals surface area contributed by atoms with Crippen molar-refractivity contribution in [2.45, 2.75) is 26.0 Å². The molecule has 1 aromatic heterocycles. The third-order valence-electron chi connectivity index (χ3n) is 2.35. The minimum Gasteiger partial charge on any atom is -0.392 e. The lowest BCUT2D eigenvalue weighted by molar-refractivity contribution is -0.389. The quantitative estimate of drug-likeness (QED) is 0.571. The van der Waals surface area contributed by atoms with Crippen LogP contribution in [0.4, 0.5) is 5.82 Å². The van der Waals surface area contributed by atoms with Crippen molar-refractivity contribution in [3.8, 4) is 0 Å². The van der Waals surface area contributed by atoms with Gasteiger partial charge >= 0.3 is 5.82 Å². The summed E-state index contributed by atoms with van der Waals surface area (Å²) < 4.78 is 1.49. The minimum absolute atomic E-state index is 0.132. The summed E-state index contributed by atoms with van der Waals surface area (Å²) in [6.45, 7) is 2.19. The predicted molar refractivity (Wildman–Crippen MR) is 62.8 cm³/mol. The third-order valence-corrected chi connectivity index (χ3v) is 2.35. The smallest absolute Gasteiger partial charge is 0.381 e. The number of amides is 1. The summed E-state index contributed by atoms with van der Waals surface area (Å²) in [5, 5.41) is 19.5. The highest BCUT2D eigenvalue weighted by molar-refractivity contribution is 5.75. The van der Waals surface area contributed by atoms with E-state index >= 15 is 0 Å². The van der Waals surface area contributed by atoms with Crippen LogP contribution < -0.4 is 0 Å². The molecule has 0 bridgehead atoms. The highest BCUT2D eigenvalue weighted by Gasteiger charge is 2.13. The van der Waals surface area contributed by atoms with E-state index in [1.54, 1.807) is 14.0 Å². The fourth-order valence-corrected chi connectivity index (χ4v) is 1.48. The van der Waals surface area contributed by atoms with E-state index in [4.69, 9.17) is 5.11 Å². The van der Waals surface area contributed by atoms with Gasteiger partial charge in [0, 0.05) is 26.6 Å². The van der Waals surface area contributed by atoms with Crippen LogP contribution in [-0.4, -0.2) is 50.1 Å². The Hall–Kier alpha value is -1.96. The monoisotopic (exact) mass is 256 g/mol. The molecule has 1 heterocycles. The number of aromatic nitrogens is 2. The van der Waals surface area contributed by atoms with Gasteiger partial charge in [-0.05, 0) is 16.8 Å². The summed E-state index contributed by atoms with van der Waals surface area (Å²) in [6, 6.07) is 0. The zero-order valence-corrected chi connectivity index (χ0v) is 10.3. The number of hydrogen-bond donors (Lipinski definition) is 1. The molecule has 100 valence electrons. The summed E-state index contributed by atoms with van der Waals surface area (Å²) in [5.74, 6) is -0.368. The highest BCUT2D eigenvalue weighted by Crippen LogP contribution is 2.06. The van der Waals surface area contributed by atoms with Gasteiger partial charge in [0.25, 0.3) is 0 Å². The van der Waals surface area contributed by atoms with E-state index in [-0.39, 0.29) is 24.7 Å². The van der Waals surface area contributed by atoms with Crippen LogP contribution in [0.5, 0.6) is 0 Å². The number of imidazole rings is 1. The topological polar surface area (TPSA) is 102 Å². The molecule has 1 aromatic rings. The Labute approximate surface area is 104 Å². The van der Waals surface area contributed by atoms with Crippen LogP contribution in [0.1, 0.15) is 13.3 Å². The molecular weight excluding hydrogens is 240 g/mol. The molecule has 0 fully saturated rings. The molecular formula is C10H16N4O4. The molecule has 0 saturated heterocycles. The molecule has 0 aliphatic heterocycles. The standard InChI is InChI=1S/C10H16N4O4/c1-8(15)5-12(2)10(16)3-4-13-6-9(11-7-13)14(17)18/h6-8,15H,3-5H2,1-2H3. The van der Waals surface area contributed by atoms with E-state index < -0.39 is 11.0 Å². The molecule has 0 aromatic carbocycles. The Bertz CT molecular complexity index is 429. The number of hydrogen-bond acceptors (Lipinski definition) is 5. The second-order valence-electron chi connectivity index (χ2n) is 4.10. The van der Waals surface area contributed by atoms with E-state index in [0.717, 1.165) is 0 Å². The maximum Gasteiger partial charge on any atom is 0.381 e. The highest BCUT2D eigenvalue weighted by atomic mass is 16.6. The van der Waals surface area contributed by atoms with E-state index in [1.165, 1.54) is 22.0 Å². The van der Waals surface area contributed by atoms with Gasteiger partial charge in [-0.2, -0.15) is 0 Å². The largest absolute Gasteiger partial charge is 0.392 e. The Morgan fingerprint density at radius 2 is 2.39 bits per heavy atom. The molecule has 0 aliphatic carbocycles. The van der Waals surface area contributed by atoms with Gasteiger partial charge in [0.1, 0.15) is 6.20 Å². The van der Waals surface area contributed by atoms with Crippen molar-refractivity contribution in [3.05, 3.63) is 22.6 Å². The van der Waals surface area contributed by atoms with E-state index in [2.05, 4.69) is 4.98 Å². The van der Waals surface area contributed by atoms with Crippen molar-refractivity contribution in [2.24, 2.45) is 0 Å². The van der Waals surface area contributed by atoms with Gasteiger partial charge in [-0.25, -0.2) is 0 Å². The van der Waals surface area contributed by atoms with E-state index in [9.17, 15) is 14.9 Å². The number of aliphatic hydroxyl groups is 1. The van der Waals surface area contributed by atoms with Crippen LogP contribution in [0.25, 0.3) is 0 Å². The van der Waals surface area contributed by atoms with Gasteiger partial charge in [0.05, 0.1) is 6.10 Å². The Morgan fingerprint density at radius 3 is 2.89 bits per heavy atom. The summed E-state index contributed by atoms with van der Waals surface area (Å²) in [6.07, 6.45) is 2.23. The van der Waals surface area contributed by atoms with Crippen molar-refractivity contribution in [1.29, 1.82) is 0 Å². The number of carbonyl (C=O) groups excluding carboxylic acids is 1. The summed E-state index contributed by atoms with van der Waals surface area (Å²) in [5.41, 5.74) is 0. The molecule has 0 saturated carbocycles. The number of rotatable bonds is 6. The Balaban J connectivity index is 2.44. The van der Waals surface area contributed by atoms with Crippen LogP contribution in [0, 0.1) is 10.1 Å². The van der Waals surface area contributed by atoms with Gasteiger partial charge in [0.2, 0.25) is 12.2 Å². The van der Waals surface area contributed by atoms with Gasteiger partial charge in [-0.3, -0.25) is 4.79 Å². The molecule has 1 atom stereocenters. The first-order valence-electron chi connectivity index (χ1n) is 5.48. The zero-order valence-electron chi connectivity index (χ0n) is 10.3.